The zero-order chi connectivity index (χ0) is 24.6. The second-order valence-electron chi connectivity index (χ2n) is 10.5. The van der Waals surface area contributed by atoms with Crippen molar-refractivity contribution >= 4 is 44.9 Å². The summed E-state index contributed by atoms with van der Waals surface area (Å²) in [4.78, 5) is 29.1. The van der Waals surface area contributed by atoms with Gasteiger partial charge in [-0.1, -0.05) is 32.5 Å². The summed E-state index contributed by atoms with van der Waals surface area (Å²) < 4.78 is 5.26. The molecular weight excluding hydrogens is 476 g/mol. The maximum atomic E-state index is 13.0. The predicted molar refractivity (Wildman–Crippen MR) is 145 cm³/mol. The number of fused-ring (bicyclic) bond motifs is 3. The summed E-state index contributed by atoms with van der Waals surface area (Å²) in [6.07, 6.45) is 5.07. The number of benzene rings is 1. The fraction of sp³-hybridized carbons (Fsp3) is 0.519. The highest BCUT2D eigenvalue weighted by atomic mass is 32.2. The Morgan fingerprint density at radius 3 is 2.57 bits per heavy atom. The van der Waals surface area contributed by atoms with E-state index in [2.05, 4.69) is 47.8 Å². The van der Waals surface area contributed by atoms with Gasteiger partial charge in [0.2, 0.25) is 5.91 Å². The first kappa shape index (κ1) is 24.4. The van der Waals surface area contributed by atoms with Crippen LogP contribution in [0.2, 0.25) is 0 Å². The normalized spacial score (nSPS) is 18.6. The molecule has 1 amide bonds. The van der Waals surface area contributed by atoms with Gasteiger partial charge in [0, 0.05) is 42.1 Å². The molecule has 0 N–H and O–H groups in total. The van der Waals surface area contributed by atoms with Gasteiger partial charge in [0.15, 0.2) is 0 Å². The standard InChI is InChI=1S/C27H34N4O2S2/c1-27(2,3)18-5-10-21-22(15-18)35-26-24(21)25(28-17-29-26)34-16-23(32)31-13-11-30(12-14-31)19-6-8-20(33-4)9-7-19/h6-9,17-18H,5,10-16H2,1-4H3/t18-/m1/s1. The number of aryl methyl sites for hydroxylation is 1. The van der Waals surface area contributed by atoms with Gasteiger partial charge in [-0.15, -0.1) is 11.3 Å². The number of piperazine rings is 1. The van der Waals surface area contributed by atoms with Crippen LogP contribution in [0.25, 0.3) is 10.2 Å². The van der Waals surface area contributed by atoms with Crippen LogP contribution in [-0.4, -0.2) is 59.8 Å². The Balaban J connectivity index is 1.21. The van der Waals surface area contributed by atoms with E-state index in [4.69, 9.17) is 4.74 Å². The lowest BCUT2D eigenvalue weighted by Gasteiger charge is -2.36. The maximum absolute atomic E-state index is 13.0. The molecule has 1 aliphatic carbocycles. The van der Waals surface area contributed by atoms with E-state index >= 15 is 0 Å². The SMILES string of the molecule is COc1ccc(N2CCN(C(=O)CSc3ncnc4sc5c(c34)CC[C@@H](C(C)(C)C)C5)CC2)cc1. The van der Waals surface area contributed by atoms with Crippen molar-refractivity contribution in [1.82, 2.24) is 14.9 Å². The molecule has 1 fully saturated rings. The van der Waals surface area contributed by atoms with Gasteiger partial charge in [0.25, 0.3) is 0 Å². The number of carbonyl (C=O) groups excluding carboxylic acids is 1. The number of ether oxygens (including phenoxy) is 1. The molecule has 1 atom stereocenters. The summed E-state index contributed by atoms with van der Waals surface area (Å²) in [5, 5.41) is 2.16. The molecule has 2 aromatic heterocycles. The minimum atomic E-state index is 0.188. The number of carbonyl (C=O) groups is 1. The average Bonchev–Trinajstić information content (AvgIpc) is 3.25. The number of anilines is 1. The van der Waals surface area contributed by atoms with Crippen molar-refractivity contribution < 1.29 is 9.53 Å². The van der Waals surface area contributed by atoms with Gasteiger partial charge in [-0.25, -0.2) is 9.97 Å². The smallest absolute Gasteiger partial charge is 0.233 e. The molecule has 0 saturated carbocycles. The summed E-state index contributed by atoms with van der Waals surface area (Å²) in [5.74, 6) is 2.17. The largest absolute Gasteiger partial charge is 0.497 e. The lowest BCUT2D eigenvalue weighted by atomic mass is 9.72. The summed E-state index contributed by atoms with van der Waals surface area (Å²) in [6.45, 7) is 10.2. The van der Waals surface area contributed by atoms with E-state index in [1.165, 1.54) is 27.9 Å². The van der Waals surface area contributed by atoms with E-state index in [0.717, 1.165) is 54.6 Å². The zero-order valence-corrected chi connectivity index (χ0v) is 22.7. The quantitative estimate of drug-likeness (QED) is 0.343. The number of hydrogen-bond acceptors (Lipinski definition) is 7. The van der Waals surface area contributed by atoms with Crippen molar-refractivity contribution in [2.45, 2.75) is 45.1 Å². The maximum Gasteiger partial charge on any atom is 0.233 e. The molecule has 186 valence electrons. The van der Waals surface area contributed by atoms with Gasteiger partial charge in [0.1, 0.15) is 21.9 Å². The third kappa shape index (κ3) is 5.14. The Hall–Kier alpha value is -2.32. The topological polar surface area (TPSA) is 58.6 Å². The highest BCUT2D eigenvalue weighted by Gasteiger charge is 2.32. The molecule has 8 heteroatoms. The monoisotopic (exact) mass is 510 g/mol. The van der Waals surface area contributed by atoms with E-state index in [9.17, 15) is 4.79 Å². The number of aromatic nitrogens is 2. The van der Waals surface area contributed by atoms with E-state index in [1.807, 2.05) is 28.4 Å². The van der Waals surface area contributed by atoms with Gasteiger partial charge >= 0.3 is 0 Å². The van der Waals surface area contributed by atoms with E-state index in [-0.39, 0.29) is 5.91 Å². The van der Waals surface area contributed by atoms with E-state index in [0.29, 0.717) is 17.1 Å². The van der Waals surface area contributed by atoms with Crippen LogP contribution in [0.15, 0.2) is 35.6 Å². The third-order valence-electron chi connectivity index (χ3n) is 7.44. The van der Waals surface area contributed by atoms with Crippen molar-refractivity contribution in [3.63, 3.8) is 0 Å². The van der Waals surface area contributed by atoms with Crippen LogP contribution in [-0.2, 0) is 17.6 Å². The number of methoxy groups -OCH3 is 1. The molecule has 3 aromatic rings. The Morgan fingerprint density at radius 1 is 1.14 bits per heavy atom. The van der Waals surface area contributed by atoms with Crippen molar-refractivity contribution in [1.29, 1.82) is 0 Å². The molecule has 1 aliphatic heterocycles. The highest BCUT2D eigenvalue weighted by molar-refractivity contribution is 8.00. The first-order valence-corrected chi connectivity index (χ1v) is 14.2. The van der Waals surface area contributed by atoms with Crippen LogP contribution in [0.3, 0.4) is 0 Å². The molecule has 35 heavy (non-hydrogen) atoms. The van der Waals surface area contributed by atoms with Crippen molar-refractivity contribution in [3.05, 3.63) is 41.0 Å². The minimum absolute atomic E-state index is 0.188. The zero-order valence-electron chi connectivity index (χ0n) is 21.0. The third-order valence-corrected chi connectivity index (χ3v) is 9.57. The molecule has 3 heterocycles. The Labute approximate surface area is 216 Å². The van der Waals surface area contributed by atoms with Gasteiger partial charge in [-0.05, 0) is 60.4 Å². The van der Waals surface area contributed by atoms with Crippen LogP contribution >= 0.6 is 23.1 Å². The Morgan fingerprint density at radius 2 is 1.89 bits per heavy atom. The lowest BCUT2D eigenvalue weighted by Crippen LogP contribution is -2.49. The van der Waals surface area contributed by atoms with E-state index < -0.39 is 0 Å². The number of nitrogens with zero attached hydrogens (tertiary/aromatic N) is 4. The molecule has 0 radical (unpaired) electrons. The average molecular weight is 511 g/mol. The molecule has 5 rings (SSSR count). The number of hydrogen-bond donors (Lipinski definition) is 0. The Bertz CT molecular complexity index is 1190. The van der Waals surface area contributed by atoms with Gasteiger partial charge in [0.05, 0.1) is 12.9 Å². The van der Waals surface area contributed by atoms with Crippen molar-refractivity contribution in [3.8, 4) is 5.75 Å². The first-order chi connectivity index (χ1) is 16.8. The van der Waals surface area contributed by atoms with Crippen LogP contribution < -0.4 is 9.64 Å². The second kappa shape index (κ2) is 9.97. The minimum Gasteiger partial charge on any atom is -0.497 e. The van der Waals surface area contributed by atoms with Crippen LogP contribution in [0.5, 0.6) is 5.75 Å². The molecule has 1 saturated heterocycles. The molecule has 6 nitrogen and oxygen atoms in total. The molecule has 0 unspecified atom stereocenters. The second-order valence-corrected chi connectivity index (χ2v) is 12.6. The van der Waals surface area contributed by atoms with Crippen LogP contribution in [0.4, 0.5) is 5.69 Å². The van der Waals surface area contributed by atoms with Gasteiger partial charge in [-0.2, -0.15) is 0 Å². The van der Waals surface area contributed by atoms with Gasteiger partial charge in [-0.3, -0.25) is 4.79 Å². The fourth-order valence-electron chi connectivity index (χ4n) is 5.16. The fourth-order valence-corrected chi connectivity index (χ4v) is 7.42. The summed E-state index contributed by atoms with van der Waals surface area (Å²) in [5.41, 5.74) is 2.92. The summed E-state index contributed by atoms with van der Waals surface area (Å²) in [6, 6.07) is 8.13. The molecule has 0 bridgehead atoms. The molecular formula is C27H34N4O2S2. The molecule has 2 aliphatic rings. The van der Waals surface area contributed by atoms with Crippen molar-refractivity contribution in [2.24, 2.45) is 11.3 Å². The number of thioether (sulfide) groups is 1. The number of thiophene rings is 1. The lowest BCUT2D eigenvalue weighted by molar-refractivity contribution is -0.128. The number of amides is 1. The molecule has 0 spiro atoms. The first-order valence-electron chi connectivity index (χ1n) is 12.4. The summed E-state index contributed by atoms with van der Waals surface area (Å²) >= 11 is 3.40. The van der Waals surface area contributed by atoms with E-state index in [1.54, 1.807) is 25.2 Å². The molecule has 1 aromatic carbocycles. The predicted octanol–water partition coefficient (Wildman–Crippen LogP) is 5.29. The summed E-state index contributed by atoms with van der Waals surface area (Å²) in [7, 11) is 1.68. The Kier molecular flexibility index (Phi) is 6.95. The van der Waals surface area contributed by atoms with Gasteiger partial charge < -0.3 is 14.5 Å². The van der Waals surface area contributed by atoms with Crippen LogP contribution in [0.1, 0.15) is 37.6 Å². The van der Waals surface area contributed by atoms with Crippen molar-refractivity contribution in [2.75, 3.05) is 43.9 Å². The van der Waals surface area contributed by atoms with Crippen LogP contribution in [0, 0.1) is 11.3 Å². The highest BCUT2D eigenvalue weighted by Crippen LogP contribution is 2.44. The number of rotatable bonds is 5.